The van der Waals surface area contributed by atoms with Crippen molar-refractivity contribution in [3.05, 3.63) is 0 Å². The fourth-order valence-electron chi connectivity index (χ4n) is 11.5. The largest absolute Gasteiger partial charge is 0.465 e. The summed E-state index contributed by atoms with van der Waals surface area (Å²) in [6, 6.07) is 0.0424. The number of nitrogens with one attached hydrogen (secondary N) is 1. The van der Waals surface area contributed by atoms with Gasteiger partial charge >= 0.3 is 11.9 Å². The third-order valence-corrected chi connectivity index (χ3v) is 13.8. The number of carbonyl (C=O) groups is 4. The lowest BCUT2D eigenvalue weighted by Gasteiger charge is -2.62. The summed E-state index contributed by atoms with van der Waals surface area (Å²) in [6.07, 6.45) is 5.47. The first kappa shape index (κ1) is 31.5. The molecule has 0 aromatic carbocycles. The average Bonchev–Trinajstić information content (AvgIpc) is 3.52. The minimum Gasteiger partial charge on any atom is -0.465 e. The third-order valence-electron chi connectivity index (χ3n) is 13.8. The van der Waals surface area contributed by atoms with E-state index >= 15 is 0 Å². The van der Waals surface area contributed by atoms with Crippen LogP contribution in [0, 0.1) is 50.7 Å². The van der Waals surface area contributed by atoms with Crippen LogP contribution in [0.25, 0.3) is 0 Å². The molecule has 11 atom stereocenters. The number of carbonyl (C=O) groups excluding carboxylic acids is 4. The number of hydrogen-bond acceptors (Lipinski definition) is 7. The van der Waals surface area contributed by atoms with Crippen LogP contribution in [0.4, 0.5) is 0 Å². The molecule has 8 heteroatoms. The summed E-state index contributed by atoms with van der Waals surface area (Å²) < 4.78 is 11.8. The second-order valence-corrected chi connectivity index (χ2v) is 16.0. The summed E-state index contributed by atoms with van der Waals surface area (Å²) in [5.41, 5.74) is -1.44. The first-order valence-electron chi connectivity index (χ1n) is 16.2. The lowest BCUT2D eigenvalue weighted by atomic mass is 9.41. The SMILES string of the molecule is CC(=O)OC[C@]1(C)[C@@H](NC(=O)C(C)C)CC[C@]23C[C@]24C(=O)C[C@]2(C)[C@@H]([C@H](C)N(C)C)[C@H](OC(C)=O)C[C@@]2(C)[C@@H]4CC[C@@H]13. The van der Waals surface area contributed by atoms with Gasteiger partial charge in [-0.2, -0.15) is 0 Å². The van der Waals surface area contributed by atoms with Gasteiger partial charge in [0.2, 0.25) is 5.91 Å². The van der Waals surface area contributed by atoms with Gasteiger partial charge in [-0.15, -0.1) is 0 Å². The summed E-state index contributed by atoms with van der Waals surface area (Å²) in [5.74, 6) is 0.147. The van der Waals surface area contributed by atoms with E-state index in [4.69, 9.17) is 9.47 Å². The predicted octanol–water partition coefficient (Wildman–Crippen LogP) is 4.78. The Kier molecular flexibility index (Phi) is 7.52. The van der Waals surface area contributed by atoms with Crippen LogP contribution < -0.4 is 5.32 Å². The summed E-state index contributed by atoms with van der Waals surface area (Å²) in [7, 11) is 4.14. The zero-order valence-corrected chi connectivity index (χ0v) is 27.6. The van der Waals surface area contributed by atoms with Gasteiger partial charge in [0.1, 0.15) is 11.9 Å². The van der Waals surface area contributed by atoms with Crippen LogP contribution in [-0.2, 0) is 28.7 Å². The Morgan fingerprint density at radius 3 is 2.19 bits per heavy atom. The maximum atomic E-state index is 14.7. The maximum Gasteiger partial charge on any atom is 0.302 e. The van der Waals surface area contributed by atoms with Crippen LogP contribution in [-0.4, -0.2) is 67.4 Å². The molecule has 5 fully saturated rings. The highest BCUT2D eigenvalue weighted by molar-refractivity contribution is 5.92. The summed E-state index contributed by atoms with van der Waals surface area (Å²) in [4.78, 5) is 54.2. The molecule has 5 aliphatic rings. The van der Waals surface area contributed by atoms with E-state index in [-0.39, 0.29) is 82.6 Å². The molecular formula is C34H54N2O6. The summed E-state index contributed by atoms with van der Waals surface area (Å²) in [6.45, 7) is 16.1. The molecule has 5 saturated carbocycles. The van der Waals surface area contributed by atoms with Gasteiger partial charge in [-0.3, -0.25) is 19.2 Å². The molecule has 0 bridgehead atoms. The lowest BCUT2D eigenvalue weighted by molar-refractivity contribution is -0.177. The van der Waals surface area contributed by atoms with E-state index in [9.17, 15) is 19.2 Å². The van der Waals surface area contributed by atoms with E-state index in [1.165, 1.54) is 13.8 Å². The van der Waals surface area contributed by atoms with Gasteiger partial charge < -0.3 is 19.7 Å². The van der Waals surface area contributed by atoms with E-state index in [0.717, 1.165) is 38.5 Å². The molecule has 8 nitrogen and oxygen atoms in total. The van der Waals surface area contributed by atoms with E-state index in [1.54, 1.807) is 0 Å². The lowest BCUT2D eigenvalue weighted by Crippen LogP contribution is -2.64. The van der Waals surface area contributed by atoms with Crippen molar-refractivity contribution in [1.82, 2.24) is 10.2 Å². The second kappa shape index (κ2) is 10.0. The van der Waals surface area contributed by atoms with Crippen molar-refractivity contribution < 1.29 is 28.7 Å². The fraction of sp³-hybridized carbons (Fsp3) is 0.882. The van der Waals surface area contributed by atoms with Crippen LogP contribution in [0.1, 0.15) is 100 Å². The molecule has 1 amide bonds. The number of nitrogens with zero attached hydrogens (tertiary/aromatic N) is 1. The van der Waals surface area contributed by atoms with Gasteiger partial charge in [0.25, 0.3) is 0 Å². The molecule has 0 aliphatic heterocycles. The van der Waals surface area contributed by atoms with Gasteiger partial charge in [-0.05, 0) is 87.6 Å². The van der Waals surface area contributed by atoms with Crippen LogP contribution in [0.2, 0.25) is 0 Å². The third kappa shape index (κ3) is 4.08. The van der Waals surface area contributed by atoms with Crippen LogP contribution >= 0.6 is 0 Å². The molecule has 0 unspecified atom stereocenters. The number of hydrogen-bond donors (Lipinski definition) is 1. The number of rotatable bonds is 7. The number of ether oxygens (including phenoxy) is 2. The van der Waals surface area contributed by atoms with Crippen LogP contribution in [0.15, 0.2) is 0 Å². The molecule has 0 aromatic heterocycles. The minimum absolute atomic E-state index is 0.0183. The molecule has 5 aliphatic carbocycles. The molecule has 236 valence electrons. The van der Waals surface area contributed by atoms with Crippen molar-refractivity contribution in [2.24, 2.45) is 50.7 Å². The van der Waals surface area contributed by atoms with Crippen LogP contribution in [0.5, 0.6) is 0 Å². The molecule has 0 radical (unpaired) electrons. The van der Waals surface area contributed by atoms with E-state index in [2.05, 4.69) is 52.0 Å². The molecule has 0 heterocycles. The van der Waals surface area contributed by atoms with Crippen LogP contribution in [0.3, 0.4) is 0 Å². The number of Topliss-reactive ketones (excluding diaryl/α,β-unsaturated/α-hetero) is 1. The number of fused-ring (bicyclic) bond motifs is 2. The summed E-state index contributed by atoms with van der Waals surface area (Å²) in [5, 5.41) is 3.32. The van der Waals surface area contributed by atoms with E-state index in [1.807, 2.05) is 13.8 Å². The normalized spacial score (nSPS) is 46.2. The van der Waals surface area contributed by atoms with E-state index < -0.39 is 10.8 Å². The van der Waals surface area contributed by atoms with Crippen molar-refractivity contribution in [2.75, 3.05) is 20.7 Å². The first-order chi connectivity index (χ1) is 19.4. The zero-order valence-electron chi connectivity index (χ0n) is 27.6. The zero-order chi connectivity index (χ0) is 31.2. The maximum absolute atomic E-state index is 14.7. The Balaban J connectivity index is 1.54. The minimum atomic E-state index is -0.456. The van der Waals surface area contributed by atoms with Gasteiger partial charge in [0, 0.05) is 55.0 Å². The Bertz CT molecular complexity index is 1170. The van der Waals surface area contributed by atoms with Crippen molar-refractivity contribution >= 4 is 23.6 Å². The number of ketones is 1. The number of amides is 1. The van der Waals surface area contributed by atoms with E-state index in [0.29, 0.717) is 12.2 Å². The van der Waals surface area contributed by atoms with Gasteiger partial charge in [-0.1, -0.05) is 34.6 Å². The van der Waals surface area contributed by atoms with Crippen molar-refractivity contribution in [3.8, 4) is 0 Å². The highest BCUT2D eigenvalue weighted by atomic mass is 16.5. The molecule has 5 rings (SSSR count). The van der Waals surface area contributed by atoms with Gasteiger partial charge in [0.15, 0.2) is 0 Å². The average molecular weight is 587 g/mol. The Hall–Kier alpha value is -1.96. The molecule has 0 aromatic rings. The van der Waals surface area contributed by atoms with Crippen molar-refractivity contribution in [1.29, 1.82) is 0 Å². The predicted molar refractivity (Wildman–Crippen MR) is 159 cm³/mol. The highest BCUT2D eigenvalue weighted by Gasteiger charge is 2.86. The number of esters is 2. The molecule has 1 N–H and O–H groups in total. The Morgan fingerprint density at radius 1 is 0.976 bits per heavy atom. The van der Waals surface area contributed by atoms with Crippen molar-refractivity contribution in [3.63, 3.8) is 0 Å². The molecule has 42 heavy (non-hydrogen) atoms. The van der Waals surface area contributed by atoms with Gasteiger partial charge in [0.05, 0.1) is 6.61 Å². The molecule has 2 spiro atoms. The smallest absolute Gasteiger partial charge is 0.302 e. The standard InChI is InChI=1S/C34H54N2O6/c1-19(2)29(40)35-26-13-14-33-17-34(33)25(12-11-24(33)30(26,6)18-41-21(4)37)31(7)15-23(42-22(5)38)28(20(3)36(9)10)32(31,8)16-27(34)39/h19-20,23-26,28H,11-18H2,1-10H3,(H,35,40)/t20-,23+,24-,25-,26-,28-,30-,31-,32+,33+,34-/m0/s1. The molecular weight excluding hydrogens is 532 g/mol. The highest BCUT2D eigenvalue weighted by Crippen LogP contribution is 2.88. The fourth-order valence-corrected chi connectivity index (χ4v) is 11.5. The first-order valence-corrected chi connectivity index (χ1v) is 16.2. The summed E-state index contributed by atoms with van der Waals surface area (Å²) >= 11 is 0. The van der Waals surface area contributed by atoms with Gasteiger partial charge in [-0.25, -0.2) is 0 Å². The molecule has 0 saturated heterocycles. The Labute approximate surface area is 252 Å². The second-order valence-electron chi connectivity index (χ2n) is 16.0. The quantitative estimate of drug-likeness (QED) is 0.429. The Morgan fingerprint density at radius 2 is 1.62 bits per heavy atom. The van der Waals surface area contributed by atoms with Crippen molar-refractivity contribution in [2.45, 2.75) is 119 Å². The monoisotopic (exact) mass is 586 g/mol. The topological polar surface area (TPSA) is 102 Å².